The van der Waals surface area contributed by atoms with Crippen LogP contribution < -0.4 is 5.32 Å². The van der Waals surface area contributed by atoms with Gasteiger partial charge in [0.15, 0.2) is 0 Å². The molecule has 3 nitrogen and oxygen atoms in total. The summed E-state index contributed by atoms with van der Waals surface area (Å²) in [7, 11) is 0. The summed E-state index contributed by atoms with van der Waals surface area (Å²) in [5, 5.41) is 20.0. The van der Waals surface area contributed by atoms with Gasteiger partial charge in [-0.1, -0.05) is 19.8 Å². The maximum atomic E-state index is 8.51. The summed E-state index contributed by atoms with van der Waals surface area (Å²) in [6.45, 7) is 3.92. The minimum atomic E-state index is -0.445. The Morgan fingerprint density at radius 2 is 1.86 bits per heavy atom. The molecule has 0 aromatic rings. The lowest BCUT2D eigenvalue weighted by atomic mass is 9.94. The van der Waals surface area contributed by atoms with Crippen LogP contribution >= 0.6 is 0 Å². The van der Waals surface area contributed by atoms with Gasteiger partial charge < -0.3 is 5.32 Å². The van der Waals surface area contributed by atoms with Gasteiger partial charge in [0.05, 0.1) is 5.54 Å². The molecule has 0 saturated heterocycles. The lowest BCUT2D eigenvalue weighted by Gasteiger charge is -2.25. The van der Waals surface area contributed by atoms with Gasteiger partial charge >= 0.3 is 0 Å². The highest BCUT2D eigenvalue weighted by Gasteiger charge is 2.20. The lowest BCUT2D eigenvalue weighted by Crippen LogP contribution is -2.39. The van der Waals surface area contributed by atoms with Gasteiger partial charge in [-0.3, -0.25) is 0 Å². The molecule has 0 aliphatic rings. The summed E-state index contributed by atoms with van der Waals surface area (Å²) in [4.78, 5) is 0. The summed E-state index contributed by atoms with van der Waals surface area (Å²) >= 11 is 0. The van der Waals surface area contributed by atoms with Crippen molar-refractivity contribution < 1.29 is 0 Å². The summed E-state index contributed by atoms with van der Waals surface area (Å²) in [5.41, 5.74) is -0.412. The average molecular weight is 187 g/mol. The smallest absolute Gasteiger partial charge is 0.145 e. The number of rotatable bonds is 4. The Kier molecular flexibility index (Phi) is 4.90. The number of allylic oxidation sites excluding steroid dienone is 1. The van der Waals surface area contributed by atoms with E-state index in [4.69, 9.17) is 16.9 Å². The highest BCUT2D eigenvalue weighted by molar-refractivity contribution is 5.35. The van der Waals surface area contributed by atoms with Gasteiger partial charge in [-0.05, 0) is 12.8 Å². The molecule has 0 atom stereocenters. The van der Waals surface area contributed by atoms with Gasteiger partial charge in [-0.15, -0.1) is 6.42 Å². The second-order valence-electron chi connectivity index (χ2n) is 2.86. The van der Waals surface area contributed by atoms with Crippen molar-refractivity contribution in [2.45, 2.75) is 32.2 Å². The van der Waals surface area contributed by atoms with E-state index in [1.165, 1.54) is 6.20 Å². The lowest BCUT2D eigenvalue weighted by molar-refractivity contribution is 0.442. The Bertz CT molecular complexity index is 313. The second-order valence-corrected chi connectivity index (χ2v) is 2.86. The molecule has 0 amide bonds. The van der Waals surface area contributed by atoms with Crippen LogP contribution in [-0.2, 0) is 0 Å². The van der Waals surface area contributed by atoms with Crippen molar-refractivity contribution >= 4 is 0 Å². The Morgan fingerprint density at radius 3 is 2.14 bits per heavy atom. The van der Waals surface area contributed by atoms with Crippen molar-refractivity contribution in [3.8, 4) is 24.5 Å². The van der Waals surface area contributed by atoms with Crippen molar-refractivity contribution in [2.24, 2.45) is 0 Å². The van der Waals surface area contributed by atoms with Gasteiger partial charge in [-0.25, -0.2) is 0 Å². The predicted octanol–water partition coefficient (Wildman–Crippen LogP) is 1.70. The van der Waals surface area contributed by atoms with Crippen LogP contribution in [0.2, 0.25) is 0 Å². The monoisotopic (exact) mass is 187 g/mol. The van der Waals surface area contributed by atoms with Crippen molar-refractivity contribution in [2.75, 3.05) is 0 Å². The molecule has 0 radical (unpaired) electrons. The van der Waals surface area contributed by atoms with Gasteiger partial charge in [0.1, 0.15) is 17.7 Å². The van der Waals surface area contributed by atoms with Crippen molar-refractivity contribution in [3.05, 3.63) is 11.8 Å². The van der Waals surface area contributed by atoms with Crippen LogP contribution in [-0.4, -0.2) is 5.54 Å². The molecule has 0 rings (SSSR count). The number of nitrogens with zero attached hydrogens (tertiary/aromatic N) is 2. The van der Waals surface area contributed by atoms with Crippen LogP contribution in [0.15, 0.2) is 11.8 Å². The van der Waals surface area contributed by atoms with Crippen LogP contribution in [0, 0.1) is 35.0 Å². The maximum Gasteiger partial charge on any atom is 0.145 e. The van der Waals surface area contributed by atoms with Crippen LogP contribution in [0.1, 0.15) is 26.7 Å². The molecule has 0 aliphatic carbocycles. The molecular weight excluding hydrogens is 174 g/mol. The minimum absolute atomic E-state index is 0.0338. The molecule has 0 aliphatic heterocycles. The Balaban J connectivity index is 4.68. The Morgan fingerprint density at radius 1 is 1.36 bits per heavy atom. The second kappa shape index (κ2) is 5.68. The van der Waals surface area contributed by atoms with Crippen molar-refractivity contribution in [1.82, 2.24) is 5.32 Å². The molecule has 0 heterocycles. The first-order chi connectivity index (χ1) is 6.67. The molecule has 3 heteroatoms. The van der Waals surface area contributed by atoms with E-state index >= 15 is 0 Å². The van der Waals surface area contributed by atoms with E-state index in [0.29, 0.717) is 0 Å². The van der Waals surface area contributed by atoms with E-state index in [1.54, 1.807) is 12.1 Å². The first-order valence-corrected chi connectivity index (χ1v) is 4.43. The normalized spacial score (nSPS) is 9.07. The molecule has 0 fully saturated rings. The van der Waals surface area contributed by atoms with Crippen molar-refractivity contribution in [1.29, 1.82) is 10.5 Å². The Hall–Kier alpha value is -1.92. The van der Waals surface area contributed by atoms with Crippen LogP contribution in [0.4, 0.5) is 0 Å². The first kappa shape index (κ1) is 12.1. The zero-order valence-electron chi connectivity index (χ0n) is 8.46. The minimum Gasteiger partial charge on any atom is -0.373 e. The molecule has 0 bridgehead atoms. The van der Waals surface area contributed by atoms with Gasteiger partial charge in [0, 0.05) is 6.20 Å². The summed E-state index contributed by atoms with van der Waals surface area (Å²) in [6, 6.07) is 3.53. The zero-order chi connectivity index (χ0) is 11.0. The van der Waals surface area contributed by atoms with E-state index in [-0.39, 0.29) is 5.57 Å². The maximum absolute atomic E-state index is 8.51. The van der Waals surface area contributed by atoms with Crippen LogP contribution in [0.25, 0.3) is 0 Å². The van der Waals surface area contributed by atoms with Crippen molar-refractivity contribution in [3.63, 3.8) is 0 Å². The summed E-state index contributed by atoms with van der Waals surface area (Å²) in [6.07, 6.45) is 8.27. The molecule has 0 aromatic heterocycles. The third kappa shape index (κ3) is 2.85. The fourth-order valence-electron chi connectivity index (χ4n) is 1.000. The molecule has 14 heavy (non-hydrogen) atoms. The number of hydrogen-bond acceptors (Lipinski definition) is 3. The van der Waals surface area contributed by atoms with E-state index < -0.39 is 5.54 Å². The third-order valence-corrected chi connectivity index (χ3v) is 2.22. The molecular formula is C11H13N3. The van der Waals surface area contributed by atoms with Gasteiger partial charge in [0.25, 0.3) is 0 Å². The summed E-state index contributed by atoms with van der Waals surface area (Å²) < 4.78 is 0. The number of nitrogens with one attached hydrogen (secondary N) is 1. The van der Waals surface area contributed by atoms with Gasteiger partial charge in [0.2, 0.25) is 0 Å². The number of nitriles is 2. The predicted molar refractivity (Wildman–Crippen MR) is 54.6 cm³/mol. The quantitative estimate of drug-likeness (QED) is 0.538. The SMILES string of the molecule is C#CC(CC)(CC)NC=C(C#N)C#N. The third-order valence-electron chi connectivity index (χ3n) is 2.22. The van der Waals surface area contributed by atoms with E-state index in [0.717, 1.165) is 12.8 Å². The molecule has 0 unspecified atom stereocenters. The standard InChI is InChI=1S/C11H13N3/c1-4-11(5-2,6-3)14-9-10(7-12)8-13/h1,9,14H,5-6H2,2-3H3. The van der Waals surface area contributed by atoms with Crippen LogP contribution in [0.3, 0.4) is 0 Å². The first-order valence-electron chi connectivity index (χ1n) is 4.43. The molecule has 0 saturated carbocycles. The summed E-state index contributed by atoms with van der Waals surface area (Å²) in [5.74, 6) is 2.64. The fourth-order valence-corrected chi connectivity index (χ4v) is 1.000. The molecule has 0 aromatic carbocycles. The molecule has 0 spiro atoms. The Labute approximate surface area is 85.0 Å². The molecule has 1 N–H and O–H groups in total. The van der Waals surface area contributed by atoms with E-state index in [1.807, 2.05) is 13.8 Å². The fraction of sp³-hybridized carbons (Fsp3) is 0.455. The highest BCUT2D eigenvalue weighted by Crippen LogP contribution is 2.13. The van der Waals surface area contributed by atoms with E-state index in [2.05, 4.69) is 11.2 Å². The number of terminal acetylenes is 1. The highest BCUT2D eigenvalue weighted by atomic mass is 14.9. The zero-order valence-corrected chi connectivity index (χ0v) is 8.46. The van der Waals surface area contributed by atoms with E-state index in [9.17, 15) is 0 Å². The average Bonchev–Trinajstić information content (AvgIpc) is 2.26. The molecule has 72 valence electrons. The number of hydrogen-bond donors (Lipinski definition) is 1. The topological polar surface area (TPSA) is 59.6 Å². The largest absolute Gasteiger partial charge is 0.373 e. The van der Waals surface area contributed by atoms with Crippen LogP contribution in [0.5, 0.6) is 0 Å². The van der Waals surface area contributed by atoms with Gasteiger partial charge in [-0.2, -0.15) is 10.5 Å².